The van der Waals surface area contributed by atoms with Gasteiger partial charge in [-0.3, -0.25) is 9.69 Å². The van der Waals surface area contributed by atoms with Gasteiger partial charge >= 0.3 is 5.97 Å². The summed E-state index contributed by atoms with van der Waals surface area (Å²) in [4.78, 5) is 12.9. The van der Waals surface area contributed by atoms with Gasteiger partial charge in [-0.2, -0.15) is 0 Å². The number of aliphatic carboxylic acids is 1. The SMILES string of the molecule is CC(Cc1ccco1)N(CC(=O)O)C(C)(C)C. The van der Waals surface area contributed by atoms with E-state index in [1.807, 2.05) is 44.7 Å². The van der Waals surface area contributed by atoms with Gasteiger partial charge in [0.2, 0.25) is 0 Å². The van der Waals surface area contributed by atoms with E-state index in [9.17, 15) is 4.79 Å². The van der Waals surface area contributed by atoms with Gasteiger partial charge < -0.3 is 9.52 Å². The molecule has 4 heteroatoms. The first kappa shape index (κ1) is 13.8. The first-order valence-corrected chi connectivity index (χ1v) is 5.81. The van der Waals surface area contributed by atoms with Crippen LogP contribution in [0.2, 0.25) is 0 Å². The Labute approximate surface area is 102 Å². The molecule has 1 N–H and O–H groups in total. The lowest BCUT2D eigenvalue weighted by atomic mass is 10.0. The van der Waals surface area contributed by atoms with Crippen molar-refractivity contribution in [2.45, 2.75) is 45.7 Å². The zero-order valence-corrected chi connectivity index (χ0v) is 10.9. The second-order valence-electron chi connectivity index (χ2n) is 5.32. The number of carbonyl (C=O) groups is 1. The van der Waals surface area contributed by atoms with E-state index in [-0.39, 0.29) is 18.1 Å². The first-order valence-electron chi connectivity index (χ1n) is 5.81. The molecule has 1 aromatic rings. The summed E-state index contributed by atoms with van der Waals surface area (Å²) in [5.74, 6) is 0.0864. The molecule has 1 heterocycles. The smallest absolute Gasteiger partial charge is 0.317 e. The molecule has 0 amide bonds. The summed E-state index contributed by atoms with van der Waals surface area (Å²) in [7, 11) is 0. The summed E-state index contributed by atoms with van der Waals surface area (Å²) < 4.78 is 5.30. The van der Waals surface area contributed by atoms with E-state index in [1.165, 1.54) is 0 Å². The second kappa shape index (κ2) is 5.36. The minimum Gasteiger partial charge on any atom is -0.480 e. The van der Waals surface area contributed by atoms with Gasteiger partial charge in [-0.05, 0) is 39.8 Å². The fourth-order valence-corrected chi connectivity index (χ4v) is 2.03. The normalized spacial score (nSPS) is 13.9. The van der Waals surface area contributed by atoms with E-state index in [2.05, 4.69) is 0 Å². The van der Waals surface area contributed by atoms with Crippen molar-refractivity contribution in [2.24, 2.45) is 0 Å². The Morgan fingerprint density at radius 1 is 1.53 bits per heavy atom. The molecule has 1 atom stereocenters. The predicted molar refractivity (Wildman–Crippen MR) is 66.0 cm³/mol. The van der Waals surface area contributed by atoms with Crippen LogP contribution >= 0.6 is 0 Å². The highest BCUT2D eigenvalue weighted by atomic mass is 16.4. The van der Waals surface area contributed by atoms with E-state index >= 15 is 0 Å². The lowest BCUT2D eigenvalue weighted by Crippen LogP contribution is -2.50. The number of carboxylic acids is 1. The topological polar surface area (TPSA) is 53.7 Å². The Morgan fingerprint density at radius 3 is 2.59 bits per heavy atom. The van der Waals surface area contributed by atoms with Crippen LogP contribution in [-0.4, -0.2) is 34.1 Å². The van der Waals surface area contributed by atoms with Gasteiger partial charge in [-0.25, -0.2) is 0 Å². The van der Waals surface area contributed by atoms with Gasteiger partial charge in [0.05, 0.1) is 12.8 Å². The lowest BCUT2D eigenvalue weighted by Gasteiger charge is -2.38. The summed E-state index contributed by atoms with van der Waals surface area (Å²) >= 11 is 0. The van der Waals surface area contributed by atoms with Gasteiger partial charge in [0, 0.05) is 18.0 Å². The summed E-state index contributed by atoms with van der Waals surface area (Å²) in [6.07, 6.45) is 2.36. The Balaban J connectivity index is 2.72. The summed E-state index contributed by atoms with van der Waals surface area (Å²) in [5, 5.41) is 8.96. The minimum absolute atomic E-state index is 0.0470. The van der Waals surface area contributed by atoms with Crippen molar-refractivity contribution in [1.82, 2.24) is 4.90 Å². The number of hydrogen-bond acceptors (Lipinski definition) is 3. The first-order chi connectivity index (χ1) is 7.80. The molecule has 0 spiro atoms. The molecule has 1 aromatic heterocycles. The third-order valence-corrected chi connectivity index (χ3v) is 2.78. The summed E-state index contributed by atoms with van der Waals surface area (Å²) in [6, 6.07) is 3.89. The van der Waals surface area contributed by atoms with Gasteiger partial charge in [0.25, 0.3) is 0 Å². The van der Waals surface area contributed by atoms with Gasteiger partial charge in [0.1, 0.15) is 5.76 Å². The van der Waals surface area contributed by atoms with Crippen molar-refractivity contribution in [2.75, 3.05) is 6.54 Å². The number of nitrogens with zero attached hydrogens (tertiary/aromatic N) is 1. The fraction of sp³-hybridized carbons (Fsp3) is 0.615. The van der Waals surface area contributed by atoms with E-state index in [0.29, 0.717) is 0 Å². The monoisotopic (exact) mass is 239 g/mol. The molecule has 0 radical (unpaired) electrons. The quantitative estimate of drug-likeness (QED) is 0.857. The molecule has 0 aromatic carbocycles. The molecule has 96 valence electrons. The largest absolute Gasteiger partial charge is 0.480 e. The molecule has 4 nitrogen and oxygen atoms in total. The predicted octanol–water partition coefficient (Wildman–Crippen LogP) is 2.40. The van der Waals surface area contributed by atoms with Crippen LogP contribution in [0.1, 0.15) is 33.5 Å². The van der Waals surface area contributed by atoms with Crippen LogP contribution in [0.25, 0.3) is 0 Å². The zero-order chi connectivity index (χ0) is 13.1. The Morgan fingerprint density at radius 2 is 2.18 bits per heavy atom. The molecule has 0 bridgehead atoms. The van der Waals surface area contributed by atoms with Crippen molar-refractivity contribution < 1.29 is 14.3 Å². The molecule has 0 saturated carbocycles. The third kappa shape index (κ3) is 4.23. The van der Waals surface area contributed by atoms with Crippen LogP contribution in [-0.2, 0) is 11.2 Å². The average Bonchev–Trinajstić information content (AvgIpc) is 2.64. The van der Waals surface area contributed by atoms with Crippen molar-refractivity contribution in [3.63, 3.8) is 0 Å². The van der Waals surface area contributed by atoms with Crippen LogP contribution in [0.5, 0.6) is 0 Å². The molecule has 0 aliphatic rings. The van der Waals surface area contributed by atoms with Crippen molar-refractivity contribution >= 4 is 5.97 Å². The standard InChI is InChI=1S/C13H21NO3/c1-10(8-11-6-5-7-17-11)14(9-12(15)16)13(2,3)4/h5-7,10H,8-9H2,1-4H3,(H,15,16). The highest BCUT2D eigenvalue weighted by molar-refractivity contribution is 5.69. The number of rotatable bonds is 5. The van der Waals surface area contributed by atoms with Crippen LogP contribution in [0.4, 0.5) is 0 Å². The Bertz CT molecular complexity index is 351. The maximum absolute atomic E-state index is 10.9. The number of carboxylic acid groups (broad SMARTS) is 1. The highest BCUT2D eigenvalue weighted by Gasteiger charge is 2.28. The fourth-order valence-electron chi connectivity index (χ4n) is 2.03. The van der Waals surface area contributed by atoms with Crippen LogP contribution in [0, 0.1) is 0 Å². The van der Waals surface area contributed by atoms with Crippen LogP contribution in [0.15, 0.2) is 22.8 Å². The van der Waals surface area contributed by atoms with Gasteiger partial charge in [0.15, 0.2) is 0 Å². The van der Waals surface area contributed by atoms with E-state index in [4.69, 9.17) is 9.52 Å². The molecule has 0 aliphatic heterocycles. The van der Waals surface area contributed by atoms with E-state index < -0.39 is 5.97 Å². The molecular formula is C13H21NO3. The summed E-state index contributed by atoms with van der Waals surface area (Å²) in [5.41, 5.74) is -0.176. The number of furan rings is 1. The Hall–Kier alpha value is -1.29. The maximum atomic E-state index is 10.9. The molecule has 17 heavy (non-hydrogen) atoms. The van der Waals surface area contributed by atoms with Crippen molar-refractivity contribution in [1.29, 1.82) is 0 Å². The maximum Gasteiger partial charge on any atom is 0.317 e. The van der Waals surface area contributed by atoms with Crippen molar-refractivity contribution in [3.8, 4) is 0 Å². The molecule has 0 aliphatic carbocycles. The van der Waals surface area contributed by atoms with E-state index in [0.717, 1.165) is 12.2 Å². The Kier molecular flexibility index (Phi) is 4.34. The highest BCUT2D eigenvalue weighted by Crippen LogP contribution is 2.19. The molecule has 0 fully saturated rings. The van der Waals surface area contributed by atoms with Crippen molar-refractivity contribution in [3.05, 3.63) is 24.2 Å². The molecular weight excluding hydrogens is 218 g/mol. The second-order valence-corrected chi connectivity index (χ2v) is 5.32. The zero-order valence-electron chi connectivity index (χ0n) is 10.9. The minimum atomic E-state index is -0.800. The van der Waals surface area contributed by atoms with Gasteiger partial charge in [-0.15, -0.1) is 0 Å². The van der Waals surface area contributed by atoms with Crippen LogP contribution < -0.4 is 0 Å². The van der Waals surface area contributed by atoms with Crippen LogP contribution in [0.3, 0.4) is 0 Å². The average molecular weight is 239 g/mol. The third-order valence-electron chi connectivity index (χ3n) is 2.78. The number of hydrogen-bond donors (Lipinski definition) is 1. The molecule has 0 saturated heterocycles. The van der Waals surface area contributed by atoms with Gasteiger partial charge in [-0.1, -0.05) is 0 Å². The lowest BCUT2D eigenvalue weighted by molar-refractivity contribution is -0.140. The summed E-state index contributed by atoms with van der Waals surface area (Å²) in [6.45, 7) is 8.14. The molecule has 1 unspecified atom stereocenters. The van der Waals surface area contributed by atoms with E-state index in [1.54, 1.807) is 6.26 Å². The molecule has 1 rings (SSSR count).